The van der Waals surface area contributed by atoms with Crippen molar-refractivity contribution in [1.82, 2.24) is 9.88 Å². The lowest BCUT2D eigenvalue weighted by Gasteiger charge is -2.25. The molecule has 0 bridgehead atoms. The van der Waals surface area contributed by atoms with Crippen molar-refractivity contribution in [2.75, 3.05) is 6.54 Å². The van der Waals surface area contributed by atoms with Crippen LogP contribution in [0.4, 0.5) is 13.2 Å². The van der Waals surface area contributed by atoms with Crippen LogP contribution in [-0.4, -0.2) is 33.6 Å². The minimum atomic E-state index is -4.53. The first-order valence-electron chi connectivity index (χ1n) is 6.93. The average Bonchev–Trinajstić information content (AvgIpc) is 3.14. The third-order valence-corrected chi connectivity index (χ3v) is 4.59. The Balaban J connectivity index is 1.89. The van der Waals surface area contributed by atoms with Gasteiger partial charge in [-0.2, -0.15) is 13.2 Å². The number of likely N-dealkylation sites (tertiary alicyclic amines) is 1. The highest BCUT2D eigenvalue weighted by Crippen LogP contribution is 2.43. The van der Waals surface area contributed by atoms with Crippen LogP contribution in [0.1, 0.15) is 37.4 Å². The van der Waals surface area contributed by atoms with E-state index in [0.717, 1.165) is 18.9 Å². The number of halogens is 4. The van der Waals surface area contributed by atoms with Crippen molar-refractivity contribution >= 4 is 11.6 Å². The normalized spacial score (nSPS) is 30.9. The topological polar surface area (TPSA) is 36.4 Å². The first-order valence-corrected chi connectivity index (χ1v) is 7.31. The predicted octanol–water partition coefficient (Wildman–Crippen LogP) is 3.20. The fraction of sp³-hybridized carbons (Fsp3) is 0.643. The van der Waals surface area contributed by atoms with Crippen molar-refractivity contribution in [3.05, 3.63) is 28.5 Å². The Morgan fingerprint density at radius 3 is 2.57 bits per heavy atom. The summed E-state index contributed by atoms with van der Waals surface area (Å²) in [6.07, 6.45) is -1.86. The van der Waals surface area contributed by atoms with E-state index >= 15 is 0 Å². The monoisotopic (exact) mass is 320 g/mol. The van der Waals surface area contributed by atoms with Crippen molar-refractivity contribution in [1.29, 1.82) is 0 Å². The van der Waals surface area contributed by atoms with Crippen LogP contribution < -0.4 is 0 Å². The molecule has 1 saturated carbocycles. The maximum absolute atomic E-state index is 12.6. The Hall–Kier alpha value is -0.850. The second kappa shape index (κ2) is 4.83. The van der Waals surface area contributed by atoms with E-state index in [9.17, 15) is 18.3 Å². The molecular formula is C14H16ClF3N2O. The lowest BCUT2D eigenvalue weighted by molar-refractivity contribution is -0.141. The first kappa shape index (κ1) is 15.1. The van der Waals surface area contributed by atoms with E-state index in [4.69, 9.17) is 11.6 Å². The van der Waals surface area contributed by atoms with Gasteiger partial charge in [0, 0.05) is 24.2 Å². The van der Waals surface area contributed by atoms with Crippen LogP contribution in [0.5, 0.6) is 0 Å². The van der Waals surface area contributed by atoms with Crippen LogP contribution in [0.3, 0.4) is 0 Å². The number of pyridine rings is 1. The molecule has 1 aromatic rings. The lowest BCUT2D eigenvalue weighted by atomic mass is 9.92. The molecule has 0 spiro atoms. The molecule has 1 aliphatic heterocycles. The van der Waals surface area contributed by atoms with Crippen molar-refractivity contribution in [2.24, 2.45) is 0 Å². The molecule has 2 fully saturated rings. The number of hydrogen-bond acceptors (Lipinski definition) is 3. The molecule has 1 N–H and O–H groups in total. The second-order valence-corrected chi connectivity index (χ2v) is 6.38. The third kappa shape index (κ3) is 2.76. The van der Waals surface area contributed by atoms with Gasteiger partial charge in [-0.05, 0) is 32.3 Å². The SMILES string of the molecule is CC1CC(O)(c2ccc(C(F)(F)F)nc2Cl)CN1C1CC1. The van der Waals surface area contributed by atoms with Gasteiger partial charge >= 0.3 is 6.18 Å². The zero-order chi connectivity index (χ0) is 15.4. The van der Waals surface area contributed by atoms with Crippen molar-refractivity contribution in [2.45, 2.75) is 50.0 Å². The fourth-order valence-corrected chi connectivity index (χ4v) is 3.49. The van der Waals surface area contributed by atoms with E-state index < -0.39 is 17.5 Å². The minimum Gasteiger partial charge on any atom is -0.384 e. The number of alkyl halides is 3. The maximum Gasteiger partial charge on any atom is 0.433 e. The van der Waals surface area contributed by atoms with E-state index in [2.05, 4.69) is 9.88 Å². The summed E-state index contributed by atoms with van der Waals surface area (Å²) < 4.78 is 37.9. The second-order valence-electron chi connectivity index (χ2n) is 6.02. The van der Waals surface area contributed by atoms with E-state index in [0.29, 0.717) is 19.0 Å². The molecule has 3 nitrogen and oxygen atoms in total. The van der Waals surface area contributed by atoms with Gasteiger partial charge in [0.15, 0.2) is 0 Å². The fourth-order valence-electron chi connectivity index (χ4n) is 3.16. The molecule has 7 heteroatoms. The molecular weight excluding hydrogens is 305 g/mol. The summed E-state index contributed by atoms with van der Waals surface area (Å²) in [6.45, 7) is 2.41. The predicted molar refractivity (Wildman–Crippen MR) is 72.0 cm³/mol. The molecule has 1 aliphatic carbocycles. The molecule has 2 atom stereocenters. The molecule has 2 aliphatic rings. The molecule has 0 aromatic carbocycles. The van der Waals surface area contributed by atoms with Crippen LogP contribution in [0.15, 0.2) is 12.1 Å². The summed E-state index contributed by atoms with van der Waals surface area (Å²) in [4.78, 5) is 5.61. The molecule has 1 saturated heterocycles. The zero-order valence-corrected chi connectivity index (χ0v) is 12.2. The highest BCUT2D eigenvalue weighted by atomic mass is 35.5. The largest absolute Gasteiger partial charge is 0.433 e. The minimum absolute atomic E-state index is 0.181. The summed E-state index contributed by atoms with van der Waals surface area (Å²) in [6, 6.07) is 2.79. The smallest absolute Gasteiger partial charge is 0.384 e. The summed E-state index contributed by atoms with van der Waals surface area (Å²) in [5.41, 5.74) is -1.98. The molecule has 116 valence electrons. The molecule has 21 heavy (non-hydrogen) atoms. The van der Waals surface area contributed by atoms with Gasteiger partial charge in [-0.25, -0.2) is 4.98 Å². The van der Waals surface area contributed by atoms with Crippen LogP contribution in [0.2, 0.25) is 5.15 Å². The highest BCUT2D eigenvalue weighted by Gasteiger charge is 2.48. The maximum atomic E-state index is 12.6. The molecule has 3 rings (SSSR count). The Bertz CT molecular complexity index is 562. The van der Waals surface area contributed by atoms with Gasteiger partial charge in [0.1, 0.15) is 16.4 Å². The number of aliphatic hydroxyl groups is 1. The van der Waals surface area contributed by atoms with Crippen LogP contribution in [-0.2, 0) is 11.8 Å². The van der Waals surface area contributed by atoms with Gasteiger partial charge in [0.25, 0.3) is 0 Å². The molecule has 1 aromatic heterocycles. The van der Waals surface area contributed by atoms with E-state index in [-0.39, 0.29) is 16.8 Å². The van der Waals surface area contributed by atoms with Crippen LogP contribution in [0, 0.1) is 0 Å². The zero-order valence-electron chi connectivity index (χ0n) is 11.5. The van der Waals surface area contributed by atoms with Crippen LogP contribution in [0.25, 0.3) is 0 Å². The summed E-state index contributed by atoms with van der Waals surface area (Å²) in [7, 11) is 0. The first-order chi connectivity index (χ1) is 9.71. The number of nitrogens with zero attached hydrogens (tertiary/aromatic N) is 2. The quantitative estimate of drug-likeness (QED) is 0.850. The average molecular weight is 321 g/mol. The number of aromatic nitrogens is 1. The summed E-state index contributed by atoms with van der Waals surface area (Å²) in [5, 5.41) is 10.5. The molecule has 2 unspecified atom stereocenters. The molecule has 2 heterocycles. The van der Waals surface area contributed by atoms with Gasteiger partial charge in [-0.3, -0.25) is 4.90 Å². The van der Waals surface area contributed by atoms with Crippen molar-refractivity contribution in [3.8, 4) is 0 Å². The van der Waals surface area contributed by atoms with Crippen LogP contribution >= 0.6 is 11.6 Å². The Labute approximate surface area is 125 Å². The lowest BCUT2D eigenvalue weighted by Crippen LogP contribution is -2.33. The Morgan fingerprint density at radius 2 is 2.05 bits per heavy atom. The Kier molecular flexibility index (Phi) is 3.46. The molecule has 0 amide bonds. The van der Waals surface area contributed by atoms with Gasteiger partial charge in [0.2, 0.25) is 0 Å². The third-order valence-electron chi connectivity index (χ3n) is 4.30. The van der Waals surface area contributed by atoms with Gasteiger partial charge in [-0.15, -0.1) is 0 Å². The van der Waals surface area contributed by atoms with Crippen molar-refractivity contribution < 1.29 is 18.3 Å². The molecule has 0 radical (unpaired) electrons. The number of β-amino-alcohol motifs (C(OH)–C–C–N with tert-alkyl or cyclic N) is 1. The van der Waals surface area contributed by atoms with Gasteiger partial charge < -0.3 is 5.11 Å². The van der Waals surface area contributed by atoms with Gasteiger partial charge in [0.05, 0.1) is 0 Å². The highest BCUT2D eigenvalue weighted by molar-refractivity contribution is 6.30. The van der Waals surface area contributed by atoms with Gasteiger partial charge in [-0.1, -0.05) is 17.7 Å². The Morgan fingerprint density at radius 1 is 1.38 bits per heavy atom. The number of hydrogen-bond donors (Lipinski definition) is 1. The van der Waals surface area contributed by atoms with E-state index in [1.807, 2.05) is 6.92 Å². The van der Waals surface area contributed by atoms with E-state index in [1.54, 1.807) is 0 Å². The number of rotatable bonds is 2. The van der Waals surface area contributed by atoms with Crippen molar-refractivity contribution in [3.63, 3.8) is 0 Å². The van der Waals surface area contributed by atoms with E-state index in [1.165, 1.54) is 6.07 Å². The summed E-state index contributed by atoms with van der Waals surface area (Å²) in [5.74, 6) is 0. The summed E-state index contributed by atoms with van der Waals surface area (Å²) >= 11 is 5.91. The standard InChI is InChI=1S/C14H16ClF3N2O/c1-8-6-13(21,7-20(8)9-2-3-9)10-4-5-11(14(16,17)18)19-12(10)15/h4-5,8-9,21H,2-3,6-7H2,1H3.